The Bertz CT molecular complexity index is 774. The third kappa shape index (κ3) is 3.15. The van der Waals surface area contributed by atoms with E-state index in [1.807, 2.05) is 16.3 Å². The van der Waals surface area contributed by atoms with E-state index in [4.69, 9.17) is 4.74 Å². The molecule has 2 aliphatic heterocycles. The average Bonchev–Trinajstić information content (AvgIpc) is 3.18. The molecular weight excluding hydrogens is 352 g/mol. The quantitative estimate of drug-likeness (QED) is 0.817. The number of likely N-dealkylation sites (tertiary alicyclic amines) is 1. The van der Waals surface area contributed by atoms with Gasteiger partial charge in [0.1, 0.15) is 6.10 Å². The molecule has 3 aliphatic rings. The summed E-state index contributed by atoms with van der Waals surface area (Å²) in [5.41, 5.74) is 1.10. The summed E-state index contributed by atoms with van der Waals surface area (Å²) in [6, 6.07) is 0.206. The van der Waals surface area contributed by atoms with Gasteiger partial charge in [0, 0.05) is 49.7 Å². The van der Waals surface area contributed by atoms with Gasteiger partial charge in [0.15, 0.2) is 5.13 Å². The first-order valence-electron chi connectivity index (χ1n) is 9.28. The zero-order chi connectivity index (χ0) is 17.5. The van der Waals surface area contributed by atoms with Gasteiger partial charge < -0.3 is 14.5 Å². The minimum atomic E-state index is -0.207. The minimum absolute atomic E-state index is 0.0571. The Morgan fingerprint density at radius 2 is 2.12 bits per heavy atom. The van der Waals surface area contributed by atoms with E-state index < -0.39 is 0 Å². The summed E-state index contributed by atoms with van der Waals surface area (Å²) in [6.07, 6.45) is 7.80. The number of ether oxygens (including phenoxy) is 1. The number of thiazole rings is 1. The number of hydrogen-bond acceptors (Lipinski definition) is 7. The second-order valence-electron chi connectivity index (χ2n) is 7.34. The van der Waals surface area contributed by atoms with Gasteiger partial charge in [-0.05, 0) is 19.3 Å². The fraction of sp³-hybridized carbons (Fsp3) is 0.647. The normalized spacial score (nSPS) is 25.8. The van der Waals surface area contributed by atoms with Crippen molar-refractivity contribution in [2.75, 3.05) is 31.1 Å². The first-order chi connectivity index (χ1) is 12.8. The zero-order valence-corrected chi connectivity index (χ0v) is 15.3. The Kier molecular flexibility index (Phi) is 4.03. The van der Waals surface area contributed by atoms with Gasteiger partial charge in [-0.1, -0.05) is 5.21 Å². The van der Waals surface area contributed by atoms with Crippen LogP contribution in [0, 0.1) is 0 Å². The van der Waals surface area contributed by atoms with Crippen molar-refractivity contribution in [1.29, 1.82) is 0 Å². The van der Waals surface area contributed by atoms with Crippen molar-refractivity contribution in [3.05, 3.63) is 23.5 Å². The van der Waals surface area contributed by atoms with Crippen LogP contribution >= 0.6 is 11.3 Å². The lowest BCUT2D eigenvalue weighted by Crippen LogP contribution is -2.34. The smallest absolute Gasteiger partial charge is 0.410 e. The fourth-order valence-corrected chi connectivity index (χ4v) is 4.43. The van der Waals surface area contributed by atoms with E-state index in [-0.39, 0.29) is 18.2 Å². The van der Waals surface area contributed by atoms with Crippen LogP contribution in [0.4, 0.5) is 9.93 Å². The Balaban J connectivity index is 1.14. The molecule has 1 amide bonds. The molecular formula is C17H22N6O2S. The molecule has 8 nitrogen and oxygen atoms in total. The SMILES string of the molecule is O=C(O[C@H]1CCN(c2nccs2)C1)N1CC[C@H](n2cc(C3CC3)nn2)C1. The van der Waals surface area contributed by atoms with Crippen molar-refractivity contribution in [3.63, 3.8) is 0 Å². The van der Waals surface area contributed by atoms with Gasteiger partial charge in [0.05, 0.1) is 18.3 Å². The number of hydrogen-bond donors (Lipinski definition) is 0. The molecule has 9 heteroatoms. The molecule has 2 aromatic rings. The lowest BCUT2D eigenvalue weighted by Gasteiger charge is -2.20. The highest BCUT2D eigenvalue weighted by molar-refractivity contribution is 7.13. The maximum atomic E-state index is 12.5. The summed E-state index contributed by atoms with van der Waals surface area (Å²) in [7, 11) is 0. The van der Waals surface area contributed by atoms with Crippen molar-refractivity contribution in [2.24, 2.45) is 0 Å². The summed E-state index contributed by atoms with van der Waals surface area (Å²) in [6.45, 7) is 2.97. The maximum absolute atomic E-state index is 12.5. The number of carbonyl (C=O) groups is 1. The Labute approximate surface area is 155 Å². The minimum Gasteiger partial charge on any atom is -0.444 e. The number of nitrogens with zero attached hydrogens (tertiary/aromatic N) is 6. The van der Waals surface area contributed by atoms with Crippen molar-refractivity contribution in [3.8, 4) is 0 Å². The van der Waals surface area contributed by atoms with Crippen LogP contribution in [-0.2, 0) is 4.74 Å². The lowest BCUT2D eigenvalue weighted by atomic mass is 10.2. The molecule has 0 N–H and O–H groups in total. The first kappa shape index (κ1) is 16.0. The van der Waals surface area contributed by atoms with Crippen molar-refractivity contribution in [2.45, 2.75) is 43.7 Å². The molecule has 0 aromatic carbocycles. The monoisotopic (exact) mass is 374 g/mol. The molecule has 1 saturated carbocycles. The summed E-state index contributed by atoms with van der Waals surface area (Å²) in [5.74, 6) is 0.606. The van der Waals surface area contributed by atoms with Crippen LogP contribution in [0.3, 0.4) is 0 Å². The molecule has 5 rings (SSSR count). The molecule has 3 fully saturated rings. The molecule has 2 atom stereocenters. The van der Waals surface area contributed by atoms with Crippen LogP contribution in [0.15, 0.2) is 17.8 Å². The molecule has 138 valence electrons. The van der Waals surface area contributed by atoms with Crippen molar-refractivity contribution < 1.29 is 9.53 Å². The molecule has 1 aliphatic carbocycles. The Morgan fingerprint density at radius 3 is 2.92 bits per heavy atom. The highest BCUT2D eigenvalue weighted by atomic mass is 32.1. The standard InChI is InChI=1S/C17H22N6O2S/c24-17(25-14-4-7-21(10-14)16-18-5-8-26-16)22-6-3-13(9-22)23-11-15(19-20-23)12-1-2-12/h5,8,11-14H,1-4,6-7,9-10H2/t13-,14-/m0/s1. The van der Waals surface area contributed by atoms with Crippen molar-refractivity contribution in [1.82, 2.24) is 24.9 Å². The van der Waals surface area contributed by atoms with Gasteiger partial charge in [0.25, 0.3) is 0 Å². The molecule has 0 bridgehead atoms. The molecule has 0 radical (unpaired) electrons. The number of rotatable bonds is 4. The number of aromatic nitrogens is 4. The van der Waals surface area contributed by atoms with Crippen LogP contribution in [0.1, 0.15) is 43.3 Å². The van der Waals surface area contributed by atoms with Gasteiger partial charge in [-0.2, -0.15) is 0 Å². The van der Waals surface area contributed by atoms with Crippen LogP contribution in [-0.4, -0.2) is 63.3 Å². The second-order valence-corrected chi connectivity index (χ2v) is 8.21. The third-order valence-electron chi connectivity index (χ3n) is 5.42. The molecule has 4 heterocycles. The van der Waals surface area contributed by atoms with E-state index in [2.05, 4.69) is 26.4 Å². The summed E-state index contributed by atoms with van der Waals surface area (Å²) in [5, 5.41) is 11.5. The highest BCUT2D eigenvalue weighted by Crippen LogP contribution is 2.39. The third-order valence-corrected chi connectivity index (χ3v) is 6.25. The molecule has 0 unspecified atom stereocenters. The van der Waals surface area contributed by atoms with Gasteiger partial charge in [-0.25, -0.2) is 14.5 Å². The van der Waals surface area contributed by atoms with E-state index in [1.54, 1.807) is 16.2 Å². The van der Waals surface area contributed by atoms with Crippen LogP contribution in [0.2, 0.25) is 0 Å². The fourth-order valence-electron chi connectivity index (χ4n) is 3.75. The molecule has 2 aromatic heterocycles. The predicted molar refractivity (Wildman–Crippen MR) is 96.4 cm³/mol. The first-order valence-corrected chi connectivity index (χ1v) is 10.2. The van der Waals surface area contributed by atoms with E-state index in [1.165, 1.54) is 12.8 Å². The van der Waals surface area contributed by atoms with Gasteiger partial charge >= 0.3 is 6.09 Å². The van der Waals surface area contributed by atoms with E-state index in [0.29, 0.717) is 19.0 Å². The lowest BCUT2D eigenvalue weighted by molar-refractivity contribution is 0.0764. The van der Waals surface area contributed by atoms with Gasteiger partial charge in [0.2, 0.25) is 0 Å². The number of anilines is 1. The van der Waals surface area contributed by atoms with E-state index >= 15 is 0 Å². The second kappa shape index (κ2) is 6.53. The summed E-state index contributed by atoms with van der Waals surface area (Å²) in [4.78, 5) is 20.8. The molecule has 0 spiro atoms. The van der Waals surface area contributed by atoms with Crippen LogP contribution in [0.25, 0.3) is 0 Å². The molecule has 26 heavy (non-hydrogen) atoms. The van der Waals surface area contributed by atoms with Crippen LogP contribution in [0.5, 0.6) is 0 Å². The van der Waals surface area contributed by atoms with Gasteiger partial charge in [-0.3, -0.25) is 0 Å². The topological polar surface area (TPSA) is 76.4 Å². The number of carbonyl (C=O) groups excluding carboxylic acids is 1. The van der Waals surface area contributed by atoms with E-state index in [9.17, 15) is 4.79 Å². The maximum Gasteiger partial charge on any atom is 0.410 e. The largest absolute Gasteiger partial charge is 0.444 e. The van der Waals surface area contributed by atoms with Crippen molar-refractivity contribution >= 4 is 22.6 Å². The summed E-state index contributed by atoms with van der Waals surface area (Å²) >= 11 is 1.62. The Hall–Kier alpha value is -2.16. The highest BCUT2D eigenvalue weighted by Gasteiger charge is 2.34. The molecule has 2 saturated heterocycles. The zero-order valence-electron chi connectivity index (χ0n) is 14.5. The van der Waals surface area contributed by atoms with E-state index in [0.717, 1.165) is 36.8 Å². The van der Waals surface area contributed by atoms with Gasteiger partial charge in [-0.15, -0.1) is 16.4 Å². The number of amides is 1. The predicted octanol–water partition coefficient (Wildman–Crippen LogP) is 2.27. The van der Waals surface area contributed by atoms with Crippen LogP contribution < -0.4 is 4.90 Å². The average molecular weight is 374 g/mol. The Morgan fingerprint density at radius 1 is 1.19 bits per heavy atom. The summed E-state index contributed by atoms with van der Waals surface area (Å²) < 4.78 is 7.67.